The molecule has 0 spiro atoms. The van der Waals surface area contributed by atoms with E-state index in [1.807, 2.05) is 0 Å². The highest BCUT2D eigenvalue weighted by atomic mass is 16.4. The second-order valence-electron chi connectivity index (χ2n) is 3.25. The number of carboxylic acid groups (broad SMARTS) is 1. The molecule has 1 unspecified atom stereocenters. The van der Waals surface area contributed by atoms with Crippen LogP contribution in [0.1, 0.15) is 20.8 Å². The molecule has 0 N–H and O–H groups in total. The zero-order chi connectivity index (χ0) is 8.36. The number of aliphatic carboxylic acids is 1. The third-order valence-corrected chi connectivity index (χ3v) is 1.23. The maximum absolute atomic E-state index is 10.2. The molecule has 0 saturated carbocycles. The minimum absolute atomic E-state index is 0.534. The van der Waals surface area contributed by atoms with E-state index in [2.05, 4.69) is 0 Å². The quantitative estimate of drug-likeness (QED) is 0.511. The molecule has 3 nitrogen and oxygen atoms in total. The summed E-state index contributed by atoms with van der Waals surface area (Å²) < 4.78 is 0. The lowest BCUT2D eigenvalue weighted by atomic mass is 9.82. The van der Waals surface area contributed by atoms with Gasteiger partial charge in [-0.15, -0.1) is 0 Å². The van der Waals surface area contributed by atoms with Crippen LogP contribution in [0.25, 0.3) is 0 Å². The molecule has 0 aromatic heterocycles. The summed E-state index contributed by atoms with van der Waals surface area (Å²) in [7, 11) is 0. The first kappa shape index (κ1) is 8.96. The van der Waals surface area contributed by atoms with E-state index in [1.54, 1.807) is 26.8 Å². The highest BCUT2D eigenvalue weighted by Crippen LogP contribution is 2.24. The van der Waals surface area contributed by atoms with Gasteiger partial charge in [0.25, 0.3) is 0 Å². The van der Waals surface area contributed by atoms with E-state index < -0.39 is 17.3 Å². The number of hydrogen-bond acceptors (Lipinski definition) is 3. The van der Waals surface area contributed by atoms with Crippen molar-refractivity contribution in [2.75, 3.05) is 0 Å². The number of hydrogen-bond donors (Lipinski definition) is 0. The Bertz CT molecular complexity index is 173. The van der Waals surface area contributed by atoms with Crippen LogP contribution in [0.5, 0.6) is 0 Å². The van der Waals surface area contributed by atoms with Crippen molar-refractivity contribution in [2.45, 2.75) is 20.8 Å². The van der Waals surface area contributed by atoms with E-state index in [1.165, 1.54) is 0 Å². The minimum Gasteiger partial charge on any atom is -0.549 e. The SMILES string of the molecule is CC(C)(C)C(C#N)C(=O)[O-]. The van der Waals surface area contributed by atoms with E-state index in [0.29, 0.717) is 0 Å². The van der Waals surface area contributed by atoms with Gasteiger partial charge < -0.3 is 9.90 Å². The van der Waals surface area contributed by atoms with Crippen LogP contribution >= 0.6 is 0 Å². The molecule has 0 aliphatic heterocycles. The number of carboxylic acids is 1. The van der Waals surface area contributed by atoms with Crippen molar-refractivity contribution in [2.24, 2.45) is 11.3 Å². The third kappa shape index (κ3) is 2.06. The molecule has 1 atom stereocenters. The lowest BCUT2D eigenvalue weighted by Gasteiger charge is -2.24. The summed E-state index contributed by atoms with van der Waals surface area (Å²) in [6.07, 6.45) is 0. The first-order chi connectivity index (χ1) is 4.39. The Balaban J connectivity index is 4.42. The van der Waals surface area contributed by atoms with Gasteiger partial charge in [0, 0.05) is 0 Å². The van der Waals surface area contributed by atoms with Gasteiger partial charge in [-0.1, -0.05) is 20.8 Å². The molecule has 0 rings (SSSR count). The fourth-order valence-electron chi connectivity index (χ4n) is 0.600. The van der Waals surface area contributed by atoms with E-state index in [0.717, 1.165) is 0 Å². The van der Waals surface area contributed by atoms with Gasteiger partial charge in [-0.25, -0.2) is 0 Å². The maximum Gasteiger partial charge on any atom is 0.0906 e. The van der Waals surface area contributed by atoms with Gasteiger partial charge in [-0.3, -0.25) is 0 Å². The average Bonchev–Trinajstić information content (AvgIpc) is 1.60. The number of rotatable bonds is 1. The lowest BCUT2D eigenvalue weighted by Crippen LogP contribution is -2.37. The van der Waals surface area contributed by atoms with Crippen LogP contribution in [-0.2, 0) is 4.79 Å². The summed E-state index contributed by atoms with van der Waals surface area (Å²) in [5.41, 5.74) is -0.534. The normalized spacial score (nSPS) is 13.8. The molecule has 0 saturated heterocycles. The van der Waals surface area contributed by atoms with Crippen LogP contribution in [-0.4, -0.2) is 5.97 Å². The van der Waals surface area contributed by atoms with Gasteiger partial charge in [0.2, 0.25) is 0 Å². The number of carbonyl (C=O) groups is 1. The summed E-state index contributed by atoms with van der Waals surface area (Å²) >= 11 is 0. The molecule has 10 heavy (non-hydrogen) atoms. The van der Waals surface area contributed by atoms with Gasteiger partial charge >= 0.3 is 0 Å². The van der Waals surface area contributed by atoms with Crippen molar-refractivity contribution >= 4 is 5.97 Å². The van der Waals surface area contributed by atoms with Crippen molar-refractivity contribution in [1.29, 1.82) is 5.26 Å². The van der Waals surface area contributed by atoms with Gasteiger partial charge in [0.15, 0.2) is 0 Å². The summed E-state index contributed by atoms with van der Waals surface area (Å²) in [4.78, 5) is 10.2. The van der Waals surface area contributed by atoms with E-state index >= 15 is 0 Å². The molecule has 3 heteroatoms. The summed E-state index contributed by atoms with van der Waals surface area (Å²) in [6.45, 7) is 5.07. The Morgan fingerprint density at radius 3 is 2.00 bits per heavy atom. The van der Waals surface area contributed by atoms with Gasteiger partial charge in [0.05, 0.1) is 18.0 Å². The minimum atomic E-state index is -1.30. The van der Waals surface area contributed by atoms with Gasteiger partial charge in [0.1, 0.15) is 0 Å². The molecule has 0 aromatic rings. The predicted molar refractivity (Wildman–Crippen MR) is 33.6 cm³/mol. The van der Waals surface area contributed by atoms with Crippen molar-refractivity contribution < 1.29 is 9.90 Å². The maximum atomic E-state index is 10.2. The third-order valence-electron chi connectivity index (χ3n) is 1.23. The van der Waals surface area contributed by atoms with Crippen molar-refractivity contribution in [3.05, 3.63) is 0 Å². The molecule has 0 amide bonds. The Morgan fingerprint density at radius 1 is 1.60 bits per heavy atom. The molecule has 0 aromatic carbocycles. The van der Waals surface area contributed by atoms with E-state index in [-0.39, 0.29) is 0 Å². The Labute approximate surface area is 60.3 Å². The second-order valence-corrected chi connectivity index (χ2v) is 3.25. The number of nitriles is 1. The van der Waals surface area contributed by atoms with Crippen molar-refractivity contribution in [3.8, 4) is 6.07 Å². The highest BCUT2D eigenvalue weighted by Gasteiger charge is 2.24. The summed E-state index contributed by atoms with van der Waals surface area (Å²) in [5.74, 6) is -2.32. The molecule has 0 radical (unpaired) electrons. The topological polar surface area (TPSA) is 63.9 Å². The molecule has 56 valence electrons. The van der Waals surface area contributed by atoms with Crippen LogP contribution in [0.3, 0.4) is 0 Å². The van der Waals surface area contributed by atoms with Crippen molar-refractivity contribution in [3.63, 3.8) is 0 Å². The molecule has 0 fully saturated rings. The molecule has 0 bridgehead atoms. The Kier molecular flexibility index (Phi) is 2.42. The van der Waals surface area contributed by atoms with Crippen LogP contribution < -0.4 is 5.11 Å². The predicted octanol–water partition coefficient (Wildman–Crippen LogP) is -0.0778. The summed E-state index contributed by atoms with van der Waals surface area (Å²) in [6, 6.07) is 1.68. The average molecular weight is 140 g/mol. The summed E-state index contributed by atoms with van der Waals surface area (Å²) in [5, 5.41) is 18.6. The van der Waals surface area contributed by atoms with Crippen molar-refractivity contribution in [1.82, 2.24) is 0 Å². The molecule has 0 aliphatic carbocycles. The van der Waals surface area contributed by atoms with Gasteiger partial charge in [-0.05, 0) is 5.41 Å². The lowest BCUT2D eigenvalue weighted by molar-refractivity contribution is -0.312. The second kappa shape index (κ2) is 2.70. The van der Waals surface area contributed by atoms with E-state index in [4.69, 9.17) is 5.26 Å². The molecular weight excluding hydrogens is 130 g/mol. The molecule has 0 aliphatic rings. The molecule has 0 heterocycles. The first-order valence-electron chi connectivity index (χ1n) is 3.00. The van der Waals surface area contributed by atoms with Crippen LogP contribution in [0.4, 0.5) is 0 Å². The Hall–Kier alpha value is -1.04. The smallest absolute Gasteiger partial charge is 0.0906 e. The molecular formula is C7H10NO2-. The zero-order valence-electron chi connectivity index (χ0n) is 6.34. The van der Waals surface area contributed by atoms with Crippen LogP contribution in [0, 0.1) is 22.7 Å². The van der Waals surface area contributed by atoms with Crippen LogP contribution in [0.15, 0.2) is 0 Å². The standard InChI is InChI=1S/C7H11NO2/c1-7(2,3)5(4-8)6(9)10/h5H,1-3H3,(H,9,10)/p-1. The Morgan fingerprint density at radius 2 is 2.00 bits per heavy atom. The zero-order valence-corrected chi connectivity index (χ0v) is 6.34. The monoisotopic (exact) mass is 140 g/mol. The fourth-order valence-corrected chi connectivity index (χ4v) is 0.600. The largest absolute Gasteiger partial charge is 0.549 e. The van der Waals surface area contributed by atoms with Gasteiger partial charge in [-0.2, -0.15) is 5.26 Å². The fraction of sp³-hybridized carbons (Fsp3) is 0.714. The first-order valence-corrected chi connectivity index (χ1v) is 3.00. The van der Waals surface area contributed by atoms with E-state index in [9.17, 15) is 9.90 Å². The number of carbonyl (C=O) groups excluding carboxylic acids is 1. The van der Waals surface area contributed by atoms with Crippen LogP contribution in [0.2, 0.25) is 0 Å². The number of nitrogens with zero attached hydrogens (tertiary/aromatic N) is 1. The highest BCUT2D eigenvalue weighted by molar-refractivity contribution is 5.71.